The standard InChI is InChI=1S/C14H20ClN3O2/c1-10-8-17(9-11(2)19)5-6-18(10)14(20)12-3-4-16-7-13(12)15/h3-4,7,10-11,19H,5-6,8-9H2,1-2H3/t10-,11+/m0/s1. The molecule has 1 amide bonds. The van der Waals surface area contributed by atoms with Gasteiger partial charge in [-0.2, -0.15) is 0 Å². The molecule has 1 aliphatic rings. The first-order chi connectivity index (χ1) is 9.49. The van der Waals surface area contributed by atoms with Gasteiger partial charge in [-0.05, 0) is 19.9 Å². The molecule has 1 aromatic rings. The molecule has 1 aromatic heterocycles. The van der Waals surface area contributed by atoms with Crippen LogP contribution < -0.4 is 0 Å². The molecule has 2 heterocycles. The number of aromatic nitrogens is 1. The number of nitrogens with zero attached hydrogens (tertiary/aromatic N) is 3. The fraction of sp³-hybridized carbons (Fsp3) is 0.571. The Morgan fingerprint density at radius 1 is 1.60 bits per heavy atom. The molecule has 1 fully saturated rings. The molecule has 110 valence electrons. The Kier molecular flexibility index (Phi) is 4.96. The molecule has 0 aromatic carbocycles. The van der Waals surface area contributed by atoms with Gasteiger partial charge in [-0.3, -0.25) is 14.7 Å². The van der Waals surface area contributed by atoms with Gasteiger partial charge in [-0.1, -0.05) is 11.6 Å². The summed E-state index contributed by atoms with van der Waals surface area (Å²) >= 11 is 6.03. The average Bonchev–Trinajstić information content (AvgIpc) is 2.38. The minimum Gasteiger partial charge on any atom is -0.392 e. The van der Waals surface area contributed by atoms with E-state index in [1.54, 1.807) is 19.2 Å². The summed E-state index contributed by atoms with van der Waals surface area (Å²) in [4.78, 5) is 20.4. The largest absolute Gasteiger partial charge is 0.392 e. The van der Waals surface area contributed by atoms with Gasteiger partial charge in [-0.15, -0.1) is 0 Å². The van der Waals surface area contributed by atoms with Crippen LogP contribution in [-0.4, -0.2) is 64.1 Å². The Morgan fingerprint density at radius 3 is 2.95 bits per heavy atom. The van der Waals surface area contributed by atoms with Crippen molar-refractivity contribution in [2.24, 2.45) is 0 Å². The van der Waals surface area contributed by atoms with Gasteiger partial charge < -0.3 is 10.0 Å². The van der Waals surface area contributed by atoms with E-state index < -0.39 is 0 Å². The van der Waals surface area contributed by atoms with Gasteiger partial charge in [0.05, 0.1) is 16.7 Å². The van der Waals surface area contributed by atoms with Gasteiger partial charge in [0.1, 0.15) is 0 Å². The maximum absolute atomic E-state index is 12.5. The van der Waals surface area contributed by atoms with Gasteiger partial charge in [0.15, 0.2) is 0 Å². The second-order valence-electron chi connectivity index (χ2n) is 5.31. The summed E-state index contributed by atoms with van der Waals surface area (Å²) in [7, 11) is 0. The van der Waals surface area contributed by atoms with Crippen LogP contribution in [0.2, 0.25) is 5.02 Å². The van der Waals surface area contributed by atoms with E-state index >= 15 is 0 Å². The normalized spacial score (nSPS) is 21.8. The number of carbonyl (C=O) groups is 1. The minimum absolute atomic E-state index is 0.0541. The molecule has 1 saturated heterocycles. The Hall–Kier alpha value is -1.17. The predicted molar refractivity (Wildman–Crippen MR) is 77.9 cm³/mol. The van der Waals surface area contributed by atoms with E-state index in [2.05, 4.69) is 9.88 Å². The number of carbonyl (C=O) groups excluding carboxylic acids is 1. The lowest BCUT2D eigenvalue weighted by molar-refractivity contribution is 0.0383. The monoisotopic (exact) mass is 297 g/mol. The lowest BCUT2D eigenvalue weighted by atomic mass is 10.1. The molecular weight excluding hydrogens is 278 g/mol. The van der Waals surface area contributed by atoms with Crippen LogP contribution in [0, 0.1) is 0 Å². The molecule has 0 aliphatic carbocycles. The SMILES string of the molecule is C[C@@H](O)CN1CCN(C(=O)c2ccncc2Cl)[C@@H](C)C1. The first-order valence-corrected chi connectivity index (χ1v) is 7.17. The van der Waals surface area contributed by atoms with E-state index in [1.807, 2.05) is 11.8 Å². The van der Waals surface area contributed by atoms with Gasteiger partial charge in [0, 0.05) is 44.6 Å². The van der Waals surface area contributed by atoms with Crippen LogP contribution in [0.15, 0.2) is 18.5 Å². The molecule has 1 N–H and O–H groups in total. The third-order valence-electron chi connectivity index (χ3n) is 3.50. The molecule has 20 heavy (non-hydrogen) atoms. The zero-order valence-electron chi connectivity index (χ0n) is 11.8. The summed E-state index contributed by atoms with van der Waals surface area (Å²) in [6.07, 6.45) is 2.72. The first kappa shape index (κ1) is 15.2. The molecule has 1 aliphatic heterocycles. The molecule has 0 saturated carbocycles. The fourth-order valence-electron chi connectivity index (χ4n) is 2.58. The number of β-amino-alcohol motifs (C(OH)–C–C–N with tert-alkyl or cyclic N) is 1. The third kappa shape index (κ3) is 3.48. The highest BCUT2D eigenvalue weighted by Gasteiger charge is 2.29. The van der Waals surface area contributed by atoms with Crippen LogP contribution in [0.1, 0.15) is 24.2 Å². The van der Waals surface area contributed by atoms with Crippen molar-refractivity contribution in [2.75, 3.05) is 26.2 Å². The molecule has 0 radical (unpaired) electrons. The molecule has 0 spiro atoms. The van der Waals surface area contributed by atoms with Crippen molar-refractivity contribution < 1.29 is 9.90 Å². The summed E-state index contributed by atoms with van der Waals surface area (Å²) in [6.45, 7) is 6.61. The maximum Gasteiger partial charge on any atom is 0.255 e. The summed E-state index contributed by atoms with van der Waals surface area (Å²) in [5.41, 5.74) is 0.498. The van der Waals surface area contributed by atoms with Crippen molar-refractivity contribution in [1.29, 1.82) is 0 Å². The molecule has 5 nitrogen and oxygen atoms in total. The zero-order valence-corrected chi connectivity index (χ0v) is 12.5. The van der Waals surface area contributed by atoms with Crippen LogP contribution >= 0.6 is 11.6 Å². The number of rotatable bonds is 3. The Bertz CT molecular complexity index is 481. The smallest absolute Gasteiger partial charge is 0.255 e. The number of piperazine rings is 1. The van der Waals surface area contributed by atoms with Crippen LogP contribution in [0.5, 0.6) is 0 Å². The second-order valence-corrected chi connectivity index (χ2v) is 5.72. The van der Waals surface area contributed by atoms with E-state index in [0.717, 1.165) is 13.1 Å². The number of halogens is 1. The van der Waals surface area contributed by atoms with Crippen LogP contribution in [0.3, 0.4) is 0 Å². The lowest BCUT2D eigenvalue weighted by Crippen LogP contribution is -2.55. The fourth-order valence-corrected chi connectivity index (χ4v) is 2.78. The molecule has 2 atom stereocenters. The van der Waals surface area contributed by atoms with Crippen molar-refractivity contribution in [3.05, 3.63) is 29.0 Å². The van der Waals surface area contributed by atoms with Crippen molar-refractivity contribution in [3.8, 4) is 0 Å². The summed E-state index contributed by atoms with van der Waals surface area (Å²) < 4.78 is 0. The lowest BCUT2D eigenvalue weighted by Gasteiger charge is -2.40. The predicted octanol–water partition coefficient (Wildman–Crippen LogP) is 1.26. The van der Waals surface area contributed by atoms with E-state index in [1.165, 1.54) is 6.20 Å². The first-order valence-electron chi connectivity index (χ1n) is 6.80. The van der Waals surface area contributed by atoms with E-state index in [4.69, 9.17) is 11.6 Å². The van der Waals surface area contributed by atoms with Crippen LogP contribution in [0.4, 0.5) is 0 Å². The number of hydrogen-bond acceptors (Lipinski definition) is 4. The maximum atomic E-state index is 12.5. The number of aliphatic hydroxyl groups is 1. The summed E-state index contributed by atoms with van der Waals surface area (Å²) in [6, 6.07) is 1.75. The van der Waals surface area contributed by atoms with Crippen molar-refractivity contribution in [1.82, 2.24) is 14.8 Å². The van der Waals surface area contributed by atoms with E-state index in [9.17, 15) is 9.90 Å². The molecule has 0 unspecified atom stereocenters. The molecular formula is C14H20ClN3O2. The number of aliphatic hydroxyl groups excluding tert-OH is 1. The molecule has 6 heteroatoms. The Labute approximate surface area is 124 Å². The topological polar surface area (TPSA) is 56.7 Å². The second kappa shape index (κ2) is 6.52. The quantitative estimate of drug-likeness (QED) is 0.913. The molecule has 0 bridgehead atoms. The van der Waals surface area contributed by atoms with Crippen molar-refractivity contribution >= 4 is 17.5 Å². The minimum atomic E-state index is -0.348. The number of pyridine rings is 1. The van der Waals surface area contributed by atoms with Crippen LogP contribution in [0.25, 0.3) is 0 Å². The third-order valence-corrected chi connectivity index (χ3v) is 3.80. The average molecular weight is 298 g/mol. The Morgan fingerprint density at radius 2 is 2.35 bits per heavy atom. The van der Waals surface area contributed by atoms with Crippen LogP contribution in [-0.2, 0) is 0 Å². The van der Waals surface area contributed by atoms with Gasteiger partial charge in [0.2, 0.25) is 0 Å². The Balaban J connectivity index is 2.04. The van der Waals surface area contributed by atoms with Gasteiger partial charge in [0.25, 0.3) is 5.91 Å². The molecule has 2 rings (SSSR count). The van der Waals surface area contributed by atoms with E-state index in [-0.39, 0.29) is 18.1 Å². The summed E-state index contributed by atoms with van der Waals surface area (Å²) in [5, 5.41) is 9.82. The zero-order chi connectivity index (χ0) is 14.7. The highest BCUT2D eigenvalue weighted by atomic mass is 35.5. The highest BCUT2D eigenvalue weighted by molar-refractivity contribution is 6.33. The van der Waals surface area contributed by atoms with Gasteiger partial charge >= 0.3 is 0 Å². The highest BCUT2D eigenvalue weighted by Crippen LogP contribution is 2.19. The van der Waals surface area contributed by atoms with E-state index in [0.29, 0.717) is 23.7 Å². The number of amides is 1. The number of hydrogen-bond donors (Lipinski definition) is 1. The van der Waals surface area contributed by atoms with Gasteiger partial charge in [-0.25, -0.2) is 0 Å². The van der Waals surface area contributed by atoms with Crippen molar-refractivity contribution in [3.63, 3.8) is 0 Å². The van der Waals surface area contributed by atoms with Crippen molar-refractivity contribution in [2.45, 2.75) is 26.0 Å². The summed E-state index contributed by atoms with van der Waals surface area (Å²) in [5.74, 6) is -0.0541.